The zero-order chi connectivity index (χ0) is 13.4. The largest absolute Gasteiger partial charge is 0.289 e. The summed E-state index contributed by atoms with van der Waals surface area (Å²) in [6, 6.07) is 4.23. The van der Waals surface area contributed by atoms with Crippen molar-refractivity contribution in [2.45, 2.75) is 47.0 Å². The molecule has 0 atom stereocenters. The fraction of sp³-hybridized carbons (Fsp3) is 0.438. The summed E-state index contributed by atoms with van der Waals surface area (Å²) in [5.41, 5.74) is 4.88. The van der Waals surface area contributed by atoms with Crippen LogP contribution in [0.5, 0.6) is 0 Å². The summed E-state index contributed by atoms with van der Waals surface area (Å²) in [6.45, 7) is 16.0. The molecule has 0 saturated heterocycles. The van der Waals surface area contributed by atoms with E-state index < -0.39 is 0 Å². The number of hydrogen-bond acceptors (Lipinski definition) is 1. The van der Waals surface area contributed by atoms with Crippen molar-refractivity contribution in [1.82, 2.24) is 0 Å². The van der Waals surface area contributed by atoms with Gasteiger partial charge in [0.05, 0.1) is 0 Å². The van der Waals surface area contributed by atoms with Crippen molar-refractivity contribution in [3.8, 4) is 0 Å². The Labute approximate surface area is 105 Å². The Hall–Kier alpha value is -1.37. The van der Waals surface area contributed by atoms with Gasteiger partial charge in [-0.1, -0.05) is 39.5 Å². The molecule has 1 aromatic rings. The minimum atomic E-state index is 0.0560. The van der Waals surface area contributed by atoms with Crippen molar-refractivity contribution >= 4 is 5.78 Å². The van der Waals surface area contributed by atoms with E-state index in [0.29, 0.717) is 5.57 Å². The first-order chi connectivity index (χ1) is 7.64. The van der Waals surface area contributed by atoms with Gasteiger partial charge in [0.25, 0.3) is 0 Å². The first-order valence-electron chi connectivity index (χ1n) is 5.96. The molecule has 0 N–H and O–H groups in total. The van der Waals surface area contributed by atoms with Crippen LogP contribution in [0.25, 0.3) is 0 Å². The maximum atomic E-state index is 12.0. The van der Waals surface area contributed by atoms with Gasteiger partial charge in [0.2, 0.25) is 0 Å². The lowest BCUT2D eigenvalue weighted by Gasteiger charge is -2.22. The Morgan fingerprint density at radius 2 is 1.53 bits per heavy atom. The standard InChI is InChI=1S/C16H22O/c1-10(2)15(17)14-11(3)8-13(9-12(14)4)16(5,6)7/h8-9H,1H2,2-7H3. The Morgan fingerprint density at radius 3 is 1.82 bits per heavy atom. The number of ketones is 1. The molecule has 0 fully saturated rings. The Kier molecular flexibility index (Phi) is 3.61. The van der Waals surface area contributed by atoms with Gasteiger partial charge in [-0.25, -0.2) is 0 Å². The number of benzene rings is 1. The van der Waals surface area contributed by atoms with E-state index in [1.807, 2.05) is 13.8 Å². The lowest BCUT2D eigenvalue weighted by Crippen LogP contribution is -2.14. The molecule has 0 amide bonds. The van der Waals surface area contributed by atoms with Crippen molar-refractivity contribution < 1.29 is 4.79 Å². The van der Waals surface area contributed by atoms with Gasteiger partial charge < -0.3 is 0 Å². The molecule has 0 aromatic heterocycles. The molecule has 1 nitrogen and oxygen atoms in total. The maximum absolute atomic E-state index is 12.0. The van der Waals surface area contributed by atoms with E-state index >= 15 is 0 Å². The van der Waals surface area contributed by atoms with E-state index in [-0.39, 0.29) is 11.2 Å². The summed E-state index contributed by atoms with van der Waals surface area (Å²) in [6.07, 6.45) is 0. The van der Waals surface area contributed by atoms with Crippen LogP contribution in [0.3, 0.4) is 0 Å². The first-order valence-corrected chi connectivity index (χ1v) is 5.96. The van der Waals surface area contributed by atoms with E-state index in [2.05, 4.69) is 39.5 Å². The molecule has 0 aliphatic carbocycles. The summed E-state index contributed by atoms with van der Waals surface area (Å²) in [4.78, 5) is 12.0. The van der Waals surface area contributed by atoms with Crippen LogP contribution in [0.4, 0.5) is 0 Å². The molecule has 0 spiro atoms. The highest BCUT2D eigenvalue weighted by molar-refractivity contribution is 6.09. The summed E-state index contributed by atoms with van der Waals surface area (Å²) in [5.74, 6) is 0.0560. The molecular weight excluding hydrogens is 208 g/mol. The van der Waals surface area contributed by atoms with Crippen molar-refractivity contribution in [2.75, 3.05) is 0 Å². The van der Waals surface area contributed by atoms with Crippen LogP contribution in [0, 0.1) is 13.8 Å². The molecule has 1 aromatic carbocycles. The summed E-state index contributed by atoms with van der Waals surface area (Å²) in [7, 11) is 0. The average Bonchev–Trinajstić information content (AvgIpc) is 2.14. The predicted octanol–water partition coefficient (Wildman–Crippen LogP) is 4.36. The lowest BCUT2D eigenvalue weighted by molar-refractivity contribution is 0.103. The topological polar surface area (TPSA) is 17.1 Å². The second-order valence-electron chi connectivity index (χ2n) is 5.84. The lowest BCUT2D eigenvalue weighted by atomic mass is 9.83. The molecule has 1 heteroatoms. The molecule has 0 aliphatic heterocycles. The highest BCUT2D eigenvalue weighted by Gasteiger charge is 2.19. The Bertz CT molecular complexity index is 450. The summed E-state index contributed by atoms with van der Waals surface area (Å²) in [5, 5.41) is 0. The average molecular weight is 230 g/mol. The fourth-order valence-corrected chi connectivity index (χ4v) is 1.97. The number of aryl methyl sites for hydroxylation is 2. The molecule has 92 valence electrons. The first kappa shape index (κ1) is 13.7. The molecule has 1 rings (SSSR count). The van der Waals surface area contributed by atoms with Gasteiger partial charge in [0.15, 0.2) is 5.78 Å². The third-order valence-corrected chi connectivity index (χ3v) is 3.01. The predicted molar refractivity (Wildman–Crippen MR) is 73.8 cm³/mol. The van der Waals surface area contributed by atoms with Crippen LogP contribution in [0.15, 0.2) is 24.3 Å². The van der Waals surface area contributed by atoms with E-state index in [1.165, 1.54) is 5.56 Å². The summed E-state index contributed by atoms with van der Waals surface area (Å²) >= 11 is 0. The van der Waals surface area contributed by atoms with Crippen molar-refractivity contribution in [3.05, 3.63) is 46.5 Å². The second-order valence-corrected chi connectivity index (χ2v) is 5.84. The molecule has 0 heterocycles. The van der Waals surface area contributed by atoms with Crippen molar-refractivity contribution in [3.63, 3.8) is 0 Å². The minimum absolute atomic E-state index is 0.0560. The fourth-order valence-electron chi connectivity index (χ4n) is 1.97. The molecular formula is C16H22O. The molecule has 0 bridgehead atoms. The second kappa shape index (κ2) is 4.48. The number of rotatable bonds is 2. The zero-order valence-corrected chi connectivity index (χ0v) is 11.8. The van der Waals surface area contributed by atoms with Gasteiger partial charge in [0, 0.05) is 5.56 Å². The zero-order valence-electron chi connectivity index (χ0n) is 11.8. The third kappa shape index (κ3) is 2.85. The number of hydrogen-bond donors (Lipinski definition) is 0. The summed E-state index contributed by atoms with van der Waals surface area (Å²) < 4.78 is 0. The Morgan fingerprint density at radius 1 is 1.12 bits per heavy atom. The molecule has 0 radical (unpaired) electrons. The number of allylic oxidation sites excluding steroid dienone is 1. The highest BCUT2D eigenvalue weighted by atomic mass is 16.1. The Balaban J connectivity index is 3.40. The van der Waals surface area contributed by atoms with E-state index in [9.17, 15) is 4.79 Å². The SMILES string of the molecule is C=C(C)C(=O)c1c(C)cc(C(C)(C)C)cc1C. The van der Waals surface area contributed by atoms with Crippen LogP contribution in [0.2, 0.25) is 0 Å². The van der Waals surface area contributed by atoms with Crippen molar-refractivity contribution in [2.24, 2.45) is 0 Å². The van der Waals surface area contributed by atoms with Crippen LogP contribution in [0.1, 0.15) is 54.7 Å². The molecule has 17 heavy (non-hydrogen) atoms. The van der Waals surface area contributed by atoms with Gasteiger partial charge in [0.1, 0.15) is 0 Å². The van der Waals surface area contributed by atoms with E-state index in [4.69, 9.17) is 0 Å². The van der Waals surface area contributed by atoms with Crippen LogP contribution < -0.4 is 0 Å². The van der Waals surface area contributed by atoms with Gasteiger partial charge in [-0.05, 0) is 48.4 Å². The van der Waals surface area contributed by atoms with Crippen LogP contribution in [-0.2, 0) is 5.41 Å². The van der Waals surface area contributed by atoms with Gasteiger partial charge in [-0.15, -0.1) is 0 Å². The van der Waals surface area contributed by atoms with Crippen LogP contribution in [-0.4, -0.2) is 5.78 Å². The quantitative estimate of drug-likeness (QED) is 0.545. The molecule has 0 unspecified atom stereocenters. The highest BCUT2D eigenvalue weighted by Crippen LogP contribution is 2.27. The maximum Gasteiger partial charge on any atom is 0.188 e. The normalized spacial score (nSPS) is 11.4. The third-order valence-electron chi connectivity index (χ3n) is 3.01. The van der Waals surface area contributed by atoms with Gasteiger partial charge >= 0.3 is 0 Å². The number of carbonyl (C=O) groups excluding carboxylic acids is 1. The monoisotopic (exact) mass is 230 g/mol. The number of carbonyl (C=O) groups is 1. The van der Waals surface area contributed by atoms with Gasteiger partial charge in [-0.3, -0.25) is 4.79 Å². The van der Waals surface area contributed by atoms with Crippen LogP contribution >= 0.6 is 0 Å². The van der Waals surface area contributed by atoms with Gasteiger partial charge in [-0.2, -0.15) is 0 Å². The number of Topliss-reactive ketones (excluding diaryl/α,β-unsaturated/α-hetero) is 1. The minimum Gasteiger partial charge on any atom is -0.289 e. The molecule has 0 aliphatic rings. The van der Waals surface area contributed by atoms with E-state index in [0.717, 1.165) is 16.7 Å². The molecule has 0 saturated carbocycles. The van der Waals surface area contributed by atoms with Crippen molar-refractivity contribution in [1.29, 1.82) is 0 Å². The van der Waals surface area contributed by atoms with E-state index in [1.54, 1.807) is 6.92 Å². The smallest absolute Gasteiger partial charge is 0.188 e.